The van der Waals surface area contributed by atoms with E-state index in [0.717, 1.165) is 18.8 Å². The maximum Gasteiger partial charge on any atom is 0.279 e. The molecule has 1 amide bonds. The number of hydrogen-bond donors (Lipinski definition) is 2. The highest BCUT2D eigenvalue weighted by Crippen LogP contribution is 2.23. The summed E-state index contributed by atoms with van der Waals surface area (Å²) < 4.78 is 0. The Hall–Kier alpha value is -2.85. The molecule has 0 spiro atoms. The van der Waals surface area contributed by atoms with Crippen molar-refractivity contribution in [2.45, 2.75) is 25.8 Å². The van der Waals surface area contributed by atoms with E-state index in [0.29, 0.717) is 6.54 Å². The highest BCUT2D eigenvalue weighted by atomic mass is 16.1. The van der Waals surface area contributed by atoms with E-state index in [4.69, 9.17) is 0 Å². The molecule has 3 aromatic rings. The molecule has 1 saturated heterocycles. The van der Waals surface area contributed by atoms with Gasteiger partial charge in [0.25, 0.3) is 5.91 Å². The number of carbonyl (C=O) groups is 1. The van der Waals surface area contributed by atoms with Crippen molar-refractivity contribution in [3.05, 3.63) is 72.3 Å². The van der Waals surface area contributed by atoms with Crippen molar-refractivity contribution < 1.29 is 10.1 Å². The largest absolute Gasteiger partial charge is 0.372 e. The van der Waals surface area contributed by atoms with Crippen LogP contribution in [0.15, 0.2) is 66.7 Å². The molecule has 0 aliphatic carbocycles. The Bertz CT molecular complexity index is 940. The second kappa shape index (κ2) is 8.44. The number of hydrogen-bond acceptors (Lipinski definition) is 2. The number of fused-ring (bicyclic) bond motifs is 1. The van der Waals surface area contributed by atoms with Crippen molar-refractivity contribution in [1.82, 2.24) is 0 Å². The molecule has 1 aliphatic heterocycles. The van der Waals surface area contributed by atoms with Crippen LogP contribution in [0.5, 0.6) is 0 Å². The number of benzene rings is 3. The van der Waals surface area contributed by atoms with Crippen molar-refractivity contribution in [2.75, 3.05) is 29.9 Å². The molecule has 4 nitrogen and oxygen atoms in total. The molecule has 0 bridgehead atoms. The molecule has 3 aromatic carbocycles. The highest BCUT2D eigenvalue weighted by molar-refractivity contribution is 5.91. The molecule has 0 aromatic heterocycles. The Balaban J connectivity index is 1.33. The zero-order valence-electron chi connectivity index (χ0n) is 16.4. The maximum absolute atomic E-state index is 12.4. The highest BCUT2D eigenvalue weighted by Gasteiger charge is 2.15. The summed E-state index contributed by atoms with van der Waals surface area (Å²) in [6, 6.07) is 23.2. The summed E-state index contributed by atoms with van der Waals surface area (Å²) in [4.78, 5) is 14.8. The van der Waals surface area contributed by atoms with Gasteiger partial charge in [0.15, 0.2) is 6.54 Å². The fourth-order valence-electron chi connectivity index (χ4n) is 4.00. The van der Waals surface area contributed by atoms with Gasteiger partial charge in [0.1, 0.15) is 6.04 Å². The lowest BCUT2D eigenvalue weighted by atomic mass is 10.00. The molecular formula is C24H28N3O+. The average molecular weight is 375 g/mol. The van der Waals surface area contributed by atoms with Gasteiger partial charge in [0.05, 0.1) is 0 Å². The monoisotopic (exact) mass is 374 g/mol. The quantitative estimate of drug-likeness (QED) is 0.691. The Morgan fingerprint density at radius 2 is 1.71 bits per heavy atom. The topological polar surface area (TPSA) is 49.0 Å². The molecule has 0 radical (unpaired) electrons. The van der Waals surface area contributed by atoms with Crippen molar-refractivity contribution in [3.8, 4) is 0 Å². The summed E-state index contributed by atoms with van der Waals surface area (Å²) in [6.07, 6.45) is 2.53. The first kappa shape index (κ1) is 18.5. The number of rotatable bonds is 6. The maximum atomic E-state index is 12.4. The third-order valence-corrected chi connectivity index (χ3v) is 5.59. The Morgan fingerprint density at radius 1 is 1.00 bits per heavy atom. The smallest absolute Gasteiger partial charge is 0.279 e. The van der Waals surface area contributed by atoms with Gasteiger partial charge >= 0.3 is 0 Å². The van der Waals surface area contributed by atoms with Crippen LogP contribution < -0.4 is 15.5 Å². The predicted molar refractivity (Wildman–Crippen MR) is 116 cm³/mol. The molecule has 144 valence electrons. The van der Waals surface area contributed by atoms with Crippen LogP contribution in [0.4, 0.5) is 11.4 Å². The van der Waals surface area contributed by atoms with Crippen LogP contribution in [0.25, 0.3) is 10.8 Å². The van der Waals surface area contributed by atoms with E-state index < -0.39 is 0 Å². The molecular weight excluding hydrogens is 346 g/mol. The molecule has 4 heteroatoms. The van der Waals surface area contributed by atoms with Gasteiger partial charge in [-0.15, -0.1) is 0 Å². The number of amides is 1. The van der Waals surface area contributed by atoms with Gasteiger partial charge < -0.3 is 15.5 Å². The summed E-state index contributed by atoms with van der Waals surface area (Å²) in [5.74, 6) is 0.0287. The first-order valence-electron chi connectivity index (χ1n) is 10.2. The number of nitrogens with two attached hydrogens (primary N) is 1. The van der Waals surface area contributed by atoms with Crippen LogP contribution >= 0.6 is 0 Å². The summed E-state index contributed by atoms with van der Waals surface area (Å²) in [5.41, 5.74) is 3.37. The standard InChI is InChI=1S/C24H27N3O/c1-18(22-10-6-8-19-7-2-3-9-23(19)22)25-17-24(28)26-20-11-13-21(14-12-20)27-15-4-5-16-27/h2-3,6-14,18,25H,4-5,15-17H2,1H3,(H,26,28)/p+1/t18-/m0/s1. The predicted octanol–water partition coefficient (Wildman–Crippen LogP) is 3.70. The van der Waals surface area contributed by atoms with Crippen LogP contribution in [0.1, 0.15) is 31.4 Å². The van der Waals surface area contributed by atoms with Crippen LogP contribution in [-0.2, 0) is 4.79 Å². The van der Waals surface area contributed by atoms with E-state index in [1.54, 1.807) is 0 Å². The van der Waals surface area contributed by atoms with Gasteiger partial charge in [-0.25, -0.2) is 0 Å². The zero-order valence-corrected chi connectivity index (χ0v) is 16.4. The van der Waals surface area contributed by atoms with Gasteiger partial charge in [0, 0.05) is 30.0 Å². The zero-order chi connectivity index (χ0) is 19.3. The Kier molecular flexibility index (Phi) is 5.58. The number of quaternary nitrogens is 1. The van der Waals surface area contributed by atoms with Crippen molar-refractivity contribution in [3.63, 3.8) is 0 Å². The number of nitrogens with one attached hydrogen (secondary N) is 1. The van der Waals surface area contributed by atoms with E-state index in [2.05, 4.69) is 77.1 Å². The van der Waals surface area contributed by atoms with Gasteiger partial charge in [-0.3, -0.25) is 4.79 Å². The number of nitrogens with zero attached hydrogens (tertiary/aromatic N) is 1. The third kappa shape index (κ3) is 4.18. The van der Waals surface area contributed by atoms with Crippen LogP contribution in [0.2, 0.25) is 0 Å². The fourth-order valence-corrected chi connectivity index (χ4v) is 4.00. The molecule has 1 atom stereocenters. The molecule has 1 aliphatic rings. The SMILES string of the molecule is C[C@H]([NH2+]CC(=O)Nc1ccc(N2CCCC2)cc1)c1cccc2ccccc12. The third-order valence-electron chi connectivity index (χ3n) is 5.59. The van der Waals surface area contributed by atoms with Gasteiger partial charge in [-0.1, -0.05) is 42.5 Å². The molecule has 3 N–H and O–H groups in total. The van der Waals surface area contributed by atoms with E-state index in [-0.39, 0.29) is 11.9 Å². The minimum Gasteiger partial charge on any atom is -0.372 e. The fraction of sp³-hybridized carbons (Fsp3) is 0.292. The van der Waals surface area contributed by atoms with E-state index in [1.165, 1.54) is 34.9 Å². The van der Waals surface area contributed by atoms with Gasteiger partial charge in [-0.2, -0.15) is 0 Å². The lowest BCUT2D eigenvalue weighted by molar-refractivity contribution is -0.682. The van der Waals surface area contributed by atoms with Gasteiger partial charge in [-0.05, 0) is 54.8 Å². The molecule has 0 unspecified atom stereocenters. The van der Waals surface area contributed by atoms with E-state index in [1.807, 2.05) is 12.1 Å². The summed E-state index contributed by atoms with van der Waals surface area (Å²) in [5, 5.41) is 7.60. The van der Waals surface area contributed by atoms with Crippen molar-refractivity contribution in [1.29, 1.82) is 0 Å². The molecule has 1 fully saturated rings. The van der Waals surface area contributed by atoms with Crippen molar-refractivity contribution in [2.24, 2.45) is 0 Å². The minimum atomic E-state index is 0.0287. The van der Waals surface area contributed by atoms with E-state index >= 15 is 0 Å². The van der Waals surface area contributed by atoms with Crippen LogP contribution in [0, 0.1) is 0 Å². The second-order valence-corrected chi connectivity index (χ2v) is 7.59. The molecule has 1 heterocycles. The summed E-state index contributed by atoms with van der Waals surface area (Å²) in [6.45, 7) is 4.82. The molecule has 0 saturated carbocycles. The Labute approximate surface area is 166 Å². The van der Waals surface area contributed by atoms with E-state index in [9.17, 15) is 4.79 Å². The summed E-state index contributed by atoms with van der Waals surface area (Å²) >= 11 is 0. The van der Waals surface area contributed by atoms with Crippen LogP contribution in [-0.4, -0.2) is 25.5 Å². The number of carbonyl (C=O) groups excluding carboxylic acids is 1. The minimum absolute atomic E-state index is 0.0287. The molecule has 28 heavy (non-hydrogen) atoms. The normalized spacial score (nSPS) is 15.0. The van der Waals surface area contributed by atoms with Crippen LogP contribution in [0.3, 0.4) is 0 Å². The summed E-state index contributed by atoms with van der Waals surface area (Å²) in [7, 11) is 0. The average Bonchev–Trinajstić information content (AvgIpc) is 3.27. The van der Waals surface area contributed by atoms with Gasteiger partial charge in [0.2, 0.25) is 0 Å². The van der Waals surface area contributed by atoms with Crippen molar-refractivity contribution >= 4 is 28.1 Å². The first-order chi connectivity index (χ1) is 13.7. The molecule has 4 rings (SSSR count). The first-order valence-corrected chi connectivity index (χ1v) is 10.2. The lowest BCUT2D eigenvalue weighted by Crippen LogP contribution is -2.86. The number of anilines is 2. The second-order valence-electron chi connectivity index (χ2n) is 7.59. The lowest BCUT2D eigenvalue weighted by Gasteiger charge is -2.18. The Morgan fingerprint density at radius 3 is 2.50 bits per heavy atom.